The van der Waals surface area contributed by atoms with E-state index in [1.807, 2.05) is 6.07 Å². The number of piperidine rings is 1. The van der Waals surface area contributed by atoms with Gasteiger partial charge in [0.05, 0.1) is 24.6 Å². The molecule has 3 heterocycles. The molecule has 0 bridgehead atoms. The van der Waals surface area contributed by atoms with Gasteiger partial charge in [-0.3, -0.25) is 5.32 Å². The zero-order valence-corrected chi connectivity index (χ0v) is 16.0. The lowest BCUT2D eigenvalue weighted by Crippen LogP contribution is -2.36. The first-order valence-corrected chi connectivity index (χ1v) is 10.1. The van der Waals surface area contributed by atoms with E-state index in [4.69, 9.17) is 4.74 Å². The van der Waals surface area contributed by atoms with Gasteiger partial charge >= 0.3 is 6.03 Å². The number of carbonyl (C=O) groups is 1. The number of rotatable bonds is 4. The summed E-state index contributed by atoms with van der Waals surface area (Å²) in [5.74, 6) is 0. The third-order valence-electron chi connectivity index (χ3n) is 4.88. The molecule has 2 saturated heterocycles. The quantitative estimate of drug-likeness (QED) is 0.838. The number of morpholine rings is 1. The zero-order valence-electron chi connectivity index (χ0n) is 15.2. The fourth-order valence-electron chi connectivity index (χ4n) is 3.52. The molecular formula is C18H24N6O2S. The molecule has 2 aliphatic heterocycles. The number of nitrogens with one attached hydrogen (secondary N) is 2. The van der Waals surface area contributed by atoms with Gasteiger partial charge in [0.15, 0.2) is 0 Å². The van der Waals surface area contributed by atoms with Gasteiger partial charge in [-0.05, 0) is 37.5 Å². The monoisotopic (exact) mass is 388 g/mol. The van der Waals surface area contributed by atoms with E-state index in [0.29, 0.717) is 5.13 Å². The fourth-order valence-corrected chi connectivity index (χ4v) is 3.95. The maximum absolute atomic E-state index is 12.4. The second-order valence-electron chi connectivity index (χ2n) is 6.67. The van der Waals surface area contributed by atoms with Gasteiger partial charge in [-0.1, -0.05) is 0 Å². The number of nitrogens with zero attached hydrogens (tertiary/aromatic N) is 4. The Balaban J connectivity index is 1.55. The van der Waals surface area contributed by atoms with E-state index < -0.39 is 0 Å². The van der Waals surface area contributed by atoms with E-state index in [-0.39, 0.29) is 6.03 Å². The molecule has 0 atom stereocenters. The zero-order chi connectivity index (χ0) is 18.5. The molecule has 2 N–H and O–H groups in total. The number of hydrogen-bond acceptors (Lipinski definition) is 7. The number of urea groups is 1. The van der Waals surface area contributed by atoms with Gasteiger partial charge in [-0.25, -0.2) is 9.78 Å². The summed E-state index contributed by atoms with van der Waals surface area (Å²) >= 11 is 1.15. The van der Waals surface area contributed by atoms with E-state index in [1.165, 1.54) is 31.3 Å². The van der Waals surface area contributed by atoms with Crippen molar-refractivity contribution in [3.05, 3.63) is 24.5 Å². The average Bonchev–Trinajstić information content (AvgIpc) is 3.22. The molecule has 9 heteroatoms. The molecule has 8 nitrogen and oxygen atoms in total. The van der Waals surface area contributed by atoms with E-state index in [2.05, 4.69) is 41.9 Å². The maximum Gasteiger partial charge on any atom is 0.325 e. The van der Waals surface area contributed by atoms with Crippen LogP contribution in [-0.2, 0) is 4.74 Å². The topological polar surface area (TPSA) is 82.6 Å². The second kappa shape index (κ2) is 8.53. The predicted octanol–water partition coefficient (Wildman–Crippen LogP) is 3.01. The smallest absolute Gasteiger partial charge is 0.325 e. The number of aromatic nitrogens is 2. The molecule has 1 aromatic carbocycles. The summed E-state index contributed by atoms with van der Waals surface area (Å²) in [4.78, 5) is 21.1. The minimum Gasteiger partial charge on any atom is -0.378 e. The van der Waals surface area contributed by atoms with Crippen LogP contribution in [0.4, 0.5) is 27.0 Å². The summed E-state index contributed by atoms with van der Waals surface area (Å²) in [6, 6.07) is 5.95. The van der Waals surface area contributed by atoms with Crippen molar-refractivity contribution in [1.29, 1.82) is 0 Å². The number of carbonyl (C=O) groups excluding carboxylic acids is 1. The Labute approximate surface area is 162 Å². The lowest BCUT2D eigenvalue weighted by Gasteiger charge is -2.33. The van der Waals surface area contributed by atoms with Crippen LogP contribution in [0.1, 0.15) is 19.3 Å². The first-order valence-electron chi connectivity index (χ1n) is 9.36. The van der Waals surface area contributed by atoms with E-state index >= 15 is 0 Å². The Morgan fingerprint density at radius 1 is 1.04 bits per heavy atom. The molecule has 1 aromatic heterocycles. The lowest BCUT2D eigenvalue weighted by atomic mass is 10.1. The van der Waals surface area contributed by atoms with Crippen LogP contribution in [0.3, 0.4) is 0 Å². The van der Waals surface area contributed by atoms with Gasteiger partial charge in [0, 0.05) is 43.4 Å². The summed E-state index contributed by atoms with van der Waals surface area (Å²) in [5.41, 5.74) is 3.07. The fraction of sp³-hybridized carbons (Fsp3) is 0.500. The number of anilines is 4. The Bertz CT molecular complexity index is 757. The van der Waals surface area contributed by atoms with Crippen molar-refractivity contribution < 1.29 is 9.53 Å². The van der Waals surface area contributed by atoms with Crippen LogP contribution < -0.4 is 20.4 Å². The first kappa shape index (κ1) is 18.0. The summed E-state index contributed by atoms with van der Waals surface area (Å²) in [5, 5.41) is 6.19. The minimum atomic E-state index is -0.302. The van der Waals surface area contributed by atoms with Crippen molar-refractivity contribution in [3.63, 3.8) is 0 Å². The highest BCUT2D eigenvalue weighted by molar-refractivity contribution is 7.09. The van der Waals surface area contributed by atoms with E-state index in [9.17, 15) is 4.79 Å². The number of amides is 2. The molecule has 2 aliphatic rings. The third kappa shape index (κ3) is 4.48. The molecular weight excluding hydrogens is 364 g/mol. The molecule has 0 spiro atoms. The Kier molecular flexibility index (Phi) is 5.69. The first-order chi connectivity index (χ1) is 13.3. The number of ether oxygens (including phenoxy) is 1. The summed E-state index contributed by atoms with van der Waals surface area (Å²) in [6.45, 7) is 5.32. The van der Waals surface area contributed by atoms with Crippen molar-refractivity contribution in [2.24, 2.45) is 0 Å². The Hall–Kier alpha value is -2.39. The van der Waals surface area contributed by atoms with E-state index in [0.717, 1.165) is 62.3 Å². The average molecular weight is 388 g/mol. The van der Waals surface area contributed by atoms with Crippen LogP contribution in [0.25, 0.3) is 0 Å². The molecule has 27 heavy (non-hydrogen) atoms. The van der Waals surface area contributed by atoms with Crippen molar-refractivity contribution in [2.75, 3.05) is 59.8 Å². The van der Waals surface area contributed by atoms with Crippen LogP contribution in [0, 0.1) is 0 Å². The molecule has 4 rings (SSSR count). The van der Waals surface area contributed by atoms with Crippen LogP contribution in [-0.4, -0.2) is 54.8 Å². The highest BCUT2D eigenvalue weighted by Gasteiger charge is 2.19. The second-order valence-corrected chi connectivity index (χ2v) is 7.45. The molecule has 2 fully saturated rings. The van der Waals surface area contributed by atoms with Crippen molar-refractivity contribution in [2.45, 2.75) is 19.3 Å². The van der Waals surface area contributed by atoms with Crippen molar-refractivity contribution in [3.8, 4) is 0 Å². The van der Waals surface area contributed by atoms with Crippen LogP contribution in [0.15, 0.2) is 24.5 Å². The molecule has 0 radical (unpaired) electrons. The molecule has 0 unspecified atom stereocenters. The van der Waals surface area contributed by atoms with Crippen LogP contribution in [0.2, 0.25) is 0 Å². The van der Waals surface area contributed by atoms with Crippen LogP contribution in [0.5, 0.6) is 0 Å². The summed E-state index contributed by atoms with van der Waals surface area (Å²) in [6.07, 6.45) is 5.05. The molecule has 2 aromatic rings. The van der Waals surface area contributed by atoms with Gasteiger partial charge in [0.2, 0.25) is 5.13 Å². The molecule has 2 amide bonds. The SMILES string of the molecule is O=C(Nc1ncns1)Nc1ccc(N2CCOCC2)cc1N1CCCCC1. The predicted molar refractivity (Wildman–Crippen MR) is 108 cm³/mol. The number of hydrogen-bond donors (Lipinski definition) is 2. The van der Waals surface area contributed by atoms with Gasteiger partial charge in [0.1, 0.15) is 6.33 Å². The lowest BCUT2D eigenvalue weighted by molar-refractivity contribution is 0.122. The third-order valence-corrected chi connectivity index (χ3v) is 5.46. The highest BCUT2D eigenvalue weighted by Crippen LogP contribution is 2.33. The van der Waals surface area contributed by atoms with E-state index in [1.54, 1.807) is 0 Å². The summed E-state index contributed by atoms with van der Waals surface area (Å²) < 4.78 is 9.37. The Morgan fingerprint density at radius 2 is 1.85 bits per heavy atom. The van der Waals surface area contributed by atoms with Gasteiger partial charge in [0.25, 0.3) is 0 Å². The standard InChI is InChI=1S/C18H24N6O2S/c25-17(22-18-19-13-20-27-18)21-15-5-4-14(23-8-10-26-11-9-23)12-16(15)24-6-2-1-3-7-24/h4-5,12-13H,1-3,6-11H2,(H2,19,20,21,22,25). The summed E-state index contributed by atoms with van der Waals surface area (Å²) in [7, 11) is 0. The number of benzene rings is 1. The highest BCUT2D eigenvalue weighted by atomic mass is 32.1. The van der Waals surface area contributed by atoms with Gasteiger partial charge < -0.3 is 19.9 Å². The molecule has 0 saturated carbocycles. The Morgan fingerprint density at radius 3 is 2.59 bits per heavy atom. The minimum absolute atomic E-state index is 0.302. The molecule has 0 aliphatic carbocycles. The van der Waals surface area contributed by atoms with Gasteiger partial charge in [-0.15, -0.1) is 0 Å². The largest absolute Gasteiger partial charge is 0.378 e. The maximum atomic E-state index is 12.4. The van der Waals surface area contributed by atoms with Gasteiger partial charge in [-0.2, -0.15) is 4.37 Å². The van der Waals surface area contributed by atoms with Crippen LogP contribution >= 0.6 is 11.5 Å². The van der Waals surface area contributed by atoms with Crippen molar-refractivity contribution in [1.82, 2.24) is 9.36 Å². The van der Waals surface area contributed by atoms with Crippen molar-refractivity contribution >= 4 is 39.8 Å². The normalized spacial score (nSPS) is 17.6. The molecule has 144 valence electrons.